The van der Waals surface area contributed by atoms with Gasteiger partial charge in [0.15, 0.2) is 0 Å². The number of aryl methyl sites for hydroxylation is 3. The summed E-state index contributed by atoms with van der Waals surface area (Å²) in [6.45, 7) is 8.67. The SMILES string of the molecule is Cc1ccc(S(=O)(=O)N(C)Cc2csc(COc3cc(C)cc(C)c3C)n2)cc1. The van der Waals surface area contributed by atoms with Crippen LogP contribution < -0.4 is 4.74 Å². The molecule has 0 aliphatic heterocycles. The molecule has 2 aromatic carbocycles. The molecule has 3 rings (SSSR count). The van der Waals surface area contributed by atoms with Crippen LogP contribution >= 0.6 is 11.3 Å². The number of rotatable bonds is 7. The Kier molecular flexibility index (Phi) is 6.41. The predicted molar refractivity (Wildman–Crippen MR) is 117 cm³/mol. The zero-order valence-electron chi connectivity index (χ0n) is 17.4. The normalized spacial score (nSPS) is 11.8. The van der Waals surface area contributed by atoms with E-state index in [9.17, 15) is 8.42 Å². The van der Waals surface area contributed by atoms with Crippen LogP contribution in [0.5, 0.6) is 5.75 Å². The molecule has 1 heterocycles. The van der Waals surface area contributed by atoms with Crippen molar-refractivity contribution in [2.24, 2.45) is 0 Å². The highest BCUT2D eigenvalue weighted by Crippen LogP contribution is 2.25. The molecular formula is C22H26N2O3S2. The molecule has 0 saturated carbocycles. The Morgan fingerprint density at radius 3 is 2.41 bits per heavy atom. The Morgan fingerprint density at radius 2 is 1.72 bits per heavy atom. The van der Waals surface area contributed by atoms with Gasteiger partial charge in [0.05, 0.1) is 17.1 Å². The minimum Gasteiger partial charge on any atom is -0.486 e. The number of sulfonamides is 1. The first-order valence-electron chi connectivity index (χ1n) is 9.34. The van der Waals surface area contributed by atoms with E-state index in [0.29, 0.717) is 12.3 Å². The average molecular weight is 431 g/mol. The number of benzene rings is 2. The lowest BCUT2D eigenvalue weighted by atomic mass is 10.1. The van der Waals surface area contributed by atoms with Crippen molar-refractivity contribution in [2.75, 3.05) is 7.05 Å². The fourth-order valence-electron chi connectivity index (χ4n) is 2.98. The van der Waals surface area contributed by atoms with Crippen molar-refractivity contribution in [3.8, 4) is 5.75 Å². The summed E-state index contributed by atoms with van der Waals surface area (Å²) in [6.07, 6.45) is 0. The van der Waals surface area contributed by atoms with Gasteiger partial charge < -0.3 is 4.74 Å². The lowest BCUT2D eigenvalue weighted by Gasteiger charge is -2.16. The van der Waals surface area contributed by atoms with Crippen molar-refractivity contribution in [3.63, 3.8) is 0 Å². The molecule has 0 atom stereocenters. The molecule has 154 valence electrons. The first-order chi connectivity index (χ1) is 13.7. The molecule has 0 spiro atoms. The molecule has 3 aromatic rings. The van der Waals surface area contributed by atoms with Gasteiger partial charge in [-0.15, -0.1) is 11.3 Å². The Hall–Kier alpha value is -2.22. The minimum atomic E-state index is -3.55. The maximum atomic E-state index is 12.7. The Balaban J connectivity index is 1.66. The third kappa shape index (κ3) is 5.04. The third-order valence-electron chi connectivity index (χ3n) is 4.83. The van der Waals surface area contributed by atoms with Gasteiger partial charge in [0, 0.05) is 12.4 Å². The van der Waals surface area contributed by atoms with Crippen molar-refractivity contribution in [1.29, 1.82) is 0 Å². The molecule has 0 amide bonds. The monoisotopic (exact) mass is 430 g/mol. The van der Waals surface area contributed by atoms with Crippen molar-refractivity contribution < 1.29 is 13.2 Å². The first-order valence-corrected chi connectivity index (χ1v) is 11.7. The van der Waals surface area contributed by atoms with Gasteiger partial charge in [0.25, 0.3) is 0 Å². The first kappa shape index (κ1) is 21.5. The van der Waals surface area contributed by atoms with Crippen LogP contribution in [0.1, 0.15) is 33.0 Å². The maximum Gasteiger partial charge on any atom is 0.243 e. The Morgan fingerprint density at radius 1 is 1.03 bits per heavy atom. The van der Waals surface area contributed by atoms with E-state index in [1.165, 1.54) is 21.2 Å². The van der Waals surface area contributed by atoms with Gasteiger partial charge in [-0.05, 0) is 62.6 Å². The van der Waals surface area contributed by atoms with Gasteiger partial charge in [-0.2, -0.15) is 4.31 Å². The molecule has 29 heavy (non-hydrogen) atoms. The Labute approximate surface area is 177 Å². The molecule has 0 fully saturated rings. The van der Waals surface area contributed by atoms with E-state index in [1.54, 1.807) is 31.3 Å². The molecule has 5 nitrogen and oxygen atoms in total. The van der Waals surface area contributed by atoms with Crippen LogP contribution in [-0.4, -0.2) is 24.8 Å². The maximum absolute atomic E-state index is 12.7. The van der Waals surface area contributed by atoms with Crippen molar-refractivity contribution in [3.05, 3.63) is 74.7 Å². The molecule has 7 heteroatoms. The minimum absolute atomic E-state index is 0.218. The molecule has 0 saturated heterocycles. The van der Waals surface area contributed by atoms with E-state index >= 15 is 0 Å². The largest absolute Gasteiger partial charge is 0.486 e. The van der Waals surface area contributed by atoms with E-state index in [-0.39, 0.29) is 11.4 Å². The fraction of sp³-hybridized carbons (Fsp3) is 0.318. The van der Waals surface area contributed by atoms with Gasteiger partial charge in [-0.3, -0.25) is 0 Å². The van der Waals surface area contributed by atoms with Crippen LogP contribution in [0.25, 0.3) is 0 Å². The number of aromatic nitrogens is 1. The zero-order valence-corrected chi connectivity index (χ0v) is 19.0. The topological polar surface area (TPSA) is 59.5 Å². The Bertz CT molecular complexity index is 1100. The van der Waals surface area contributed by atoms with E-state index in [1.807, 2.05) is 32.2 Å². The van der Waals surface area contributed by atoms with E-state index < -0.39 is 10.0 Å². The highest BCUT2D eigenvalue weighted by molar-refractivity contribution is 7.89. The molecule has 0 aliphatic rings. The second kappa shape index (κ2) is 8.65. The van der Waals surface area contributed by atoms with E-state index in [0.717, 1.165) is 27.4 Å². The van der Waals surface area contributed by atoms with Crippen LogP contribution in [0.3, 0.4) is 0 Å². The summed E-state index contributed by atoms with van der Waals surface area (Å²) in [5.41, 5.74) is 5.21. The summed E-state index contributed by atoms with van der Waals surface area (Å²) in [7, 11) is -1.98. The highest BCUT2D eigenvalue weighted by Gasteiger charge is 2.21. The quantitative estimate of drug-likeness (QED) is 0.541. The zero-order chi connectivity index (χ0) is 21.2. The number of nitrogens with zero attached hydrogens (tertiary/aromatic N) is 2. The van der Waals surface area contributed by atoms with Gasteiger partial charge in [-0.25, -0.2) is 13.4 Å². The highest BCUT2D eigenvalue weighted by atomic mass is 32.2. The van der Waals surface area contributed by atoms with Crippen molar-refractivity contribution >= 4 is 21.4 Å². The van der Waals surface area contributed by atoms with Gasteiger partial charge >= 0.3 is 0 Å². The summed E-state index contributed by atoms with van der Waals surface area (Å²) in [5, 5.41) is 2.70. The summed E-state index contributed by atoms with van der Waals surface area (Å²) in [6, 6.07) is 11.0. The summed E-state index contributed by atoms with van der Waals surface area (Å²) < 4.78 is 32.8. The van der Waals surface area contributed by atoms with Crippen LogP contribution in [-0.2, 0) is 23.2 Å². The molecular weight excluding hydrogens is 404 g/mol. The van der Waals surface area contributed by atoms with Gasteiger partial charge in [0.1, 0.15) is 17.4 Å². The van der Waals surface area contributed by atoms with Crippen LogP contribution in [0.4, 0.5) is 0 Å². The number of hydrogen-bond acceptors (Lipinski definition) is 5. The smallest absolute Gasteiger partial charge is 0.243 e. The van der Waals surface area contributed by atoms with Crippen molar-refractivity contribution in [2.45, 2.75) is 45.7 Å². The second-order valence-electron chi connectivity index (χ2n) is 7.30. The number of thiazole rings is 1. The molecule has 0 bridgehead atoms. The predicted octanol–water partition coefficient (Wildman–Crippen LogP) is 4.78. The summed E-state index contributed by atoms with van der Waals surface area (Å²) in [5.74, 6) is 0.860. The summed E-state index contributed by atoms with van der Waals surface area (Å²) in [4.78, 5) is 4.84. The van der Waals surface area contributed by atoms with Gasteiger partial charge in [0.2, 0.25) is 10.0 Å². The molecule has 0 unspecified atom stereocenters. The van der Waals surface area contributed by atoms with Crippen molar-refractivity contribution in [1.82, 2.24) is 9.29 Å². The number of ether oxygens (including phenoxy) is 1. The molecule has 0 N–H and O–H groups in total. The average Bonchev–Trinajstić information content (AvgIpc) is 3.11. The number of hydrogen-bond donors (Lipinski definition) is 0. The second-order valence-corrected chi connectivity index (χ2v) is 10.3. The van der Waals surface area contributed by atoms with Crippen LogP contribution in [0, 0.1) is 27.7 Å². The van der Waals surface area contributed by atoms with Gasteiger partial charge in [-0.1, -0.05) is 23.8 Å². The molecule has 0 radical (unpaired) electrons. The lowest BCUT2D eigenvalue weighted by Crippen LogP contribution is -2.26. The van der Waals surface area contributed by atoms with Crippen LogP contribution in [0.15, 0.2) is 46.7 Å². The molecule has 1 aromatic heterocycles. The summed E-state index contributed by atoms with van der Waals surface area (Å²) >= 11 is 1.48. The third-order valence-corrected chi connectivity index (χ3v) is 7.52. The standard InChI is InChI=1S/C22H26N2O3S2/c1-15-6-8-20(9-7-15)29(25,26)24(5)12-19-14-28-22(23-19)13-27-21-11-16(2)10-17(3)18(21)4/h6-11,14H,12-13H2,1-5H3. The lowest BCUT2D eigenvalue weighted by molar-refractivity contribution is 0.302. The van der Waals surface area contributed by atoms with E-state index in [4.69, 9.17) is 4.74 Å². The van der Waals surface area contributed by atoms with Crippen LogP contribution in [0.2, 0.25) is 0 Å². The molecule has 0 aliphatic carbocycles. The fourth-order valence-corrected chi connectivity index (χ4v) is 4.82. The van der Waals surface area contributed by atoms with E-state index in [2.05, 4.69) is 18.0 Å².